The van der Waals surface area contributed by atoms with Crippen molar-refractivity contribution in [3.05, 3.63) is 29.8 Å². The Morgan fingerprint density at radius 2 is 1.59 bits per heavy atom. The summed E-state index contributed by atoms with van der Waals surface area (Å²) in [5, 5.41) is 9.66. The molecular weight excluding hydrogens is 488 g/mol. The van der Waals surface area contributed by atoms with Crippen molar-refractivity contribution in [3.8, 4) is 5.75 Å². The van der Waals surface area contributed by atoms with Gasteiger partial charge in [0.25, 0.3) is 0 Å². The van der Waals surface area contributed by atoms with Crippen LogP contribution >= 0.6 is 0 Å². The molecule has 4 rings (SSSR count). The normalized spacial score (nSPS) is 28.1. The lowest BCUT2D eigenvalue weighted by molar-refractivity contribution is -0.159. The summed E-state index contributed by atoms with van der Waals surface area (Å²) in [7, 11) is 0. The second kappa shape index (κ2) is 13.1. The quantitative estimate of drug-likeness (QED) is 0.255. The maximum atomic E-state index is 13.6. The Balaban J connectivity index is 1.32. The fourth-order valence-electron chi connectivity index (χ4n) is 7.92. The van der Waals surface area contributed by atoms with Crippen LogP contribution in [0.25, 0.3) is 0 Å². The Morgan fingerprint density at radius 1 is 0.923 bits per heavy atom. The molecule has 0 aromatic heterocycles. The monoisotopic (exact) mass is 540 g/mol. The maximum absolute atomic E-state index is 13.6. The standard InChI is InChI=1S/C34H52O5/c1-6-23(24-16-18-27(35)19-17-24)11-8-13-25(12-7-10-22(2)32(36)39-34(3,4)5)33(37)38-31-21-26-20-30(31)29-15-9-14-28(26)29/h16-19,22-23,25-26,28-31,35H,6-15,20-21H2,1-5H3. The van der Waals surface area contributed by atoms with Gasteiger partial charge in [-0.15, -0.1) is 0 Å². The highest BCUT2D eigenvalue weighted by Crippen LogP contribution is 2.59. The predicted molar refractivity (Wildman–Crippen MR) is 154 cm³/mol. The van der Waals surface area contributed by atoms with Gasteiger partial charge < -0.3 is 14.6 Å². The number of carbonyl (C=O) groups excluding carboxylic acids is 2. The molecule has 1 aromatic rings. The predicted octanol–water partition coefficient (Wildman–Crippen LogP) is 8.19. The fourth-order valence-corrected chi connectivity index (χ4v) is 7.92. The molecule has 0 spiro atoms. The van der Waals surface area contributed by atoms with Gasteiger partial charge in [0.15, 0.2) is 0 Å². The molecule has 1 aromatic carbocycles. The van der Waals surface area contributed by atoms with Crippen LogP contribution in [-0.4, -0.2) is 28.8 Å². The van der Waals surface area contributed by atoms with E-state index in [1.807, 2.05) is 39.8 Å². The zero-order valence-electron chi connectivity index (χ0n) is 25.0. The summed E-state index contributed by atoms with van der Waals surface area (Å²) >= 11 is 0. The van der Waals surface area contributed by atoms with Gasteiger partial charge in [0.2, 0.25) is 0 Å². The summed E-state index contributed by atoms with van der Waals surface area (Å²) in [6.45, 7) is 9.82. The highest BCUT2D eigenvalue weighted by molar-refractivity contribution is 5.73. The number of benzene rings is 1. The lowest BCUT2D eigenvalue weighted by Crippen LogP contribution is -2.34. The summed E-state index contributed by atoms with van der Waals surface area (Å²) in [5.74, 6) is 3.27. The van der Waals surface area contributed by atoms with E-state index in [0.717, 1.165) is 69.1 Å². The van der Waals surface area contributed by atoms with Crippen molar-refractivity contribution < 1.29 is 24.2 Å². The number of rotatable bonds is 13. The molecule has 0 radical (unpaired) electrons. The maximum Gasteiger partial charge on any atom is 0.309 e. The molecule has 0 aliphatic heterocycles. The second-order valence-electron chi connectivity index (χ2n) is 13.8. The van der Waals surface area contributed by atoms with Crippen LogP contribution in [0.4, 0.5) is 0 Å². The third-order valence-corrected chi connectivity index (χ3v) is 9.93. The van der Waals surface area contributed by atoms with Gasteiger partial charge in [-0.3, -0.25) is 9.59 Å². The lowest BCUT2D eigenvalue weighted by atomic mass is 9.80. The SMILES string of the molecule is CCC(CCCC(CCCC(C)C(=O)OC(C)(C)C)C(=O)OC1CC2CC1C1CCCC21)c1ccc(O)cc1. The zero-order chi connectivity index (χ0) is 28.2. The van der Waals surface area contributed by atoms with Crippen molar-refractivity contribution in [1.82, 2.24) is 0 Å². The number of hydrogen-bond acceptors (Lipinski definition) is 5. The highest BCUT2D eigenvalue weighted by atomic mass is 16.6. The molecule has 3 fully saturated rings. The molecule has 2 bridgehead atoms. The minimum absolute atomic E-state index is 0.00954. The molecule has 3 saturated carbocycles. The van der Waals surface area contributed by atoms with Crippen LogP contribution in [0.2, 0.25) is 0 Å². The van der Waals surface area contributed by atoms with E-state index in [0.29, 0.717) is 17.6 Å². The number of carbonyl (C=O) groups is 2. The first-order chi connectivity index (χ1) is 18.6. The molecule has 3 aliphatic carbocycles. The molecule has 218 valence electrons. The topological polar surface area (TPSA) is 72.8 Å². The van der Waals surface area contributed by atoms with Crippen molar-refractivity contribution in [3.63, 3.8) is 0 Å². The molecule has 0 amide bonds. The van der Waals surface area contributed by atoms with Crippen molar-refractivity contribution in [2.24, 2.45) is 35.5 Å². The van der Waals surface area contributed by atoms with E-state index in [9.17, 15) is 14.7 Å². The first kappa shape index (κ1) is 29.9. The number of esters is 2. The summed E-state index contributed by atoms with van der Waals surface area (Å²) in [6.07, 6.45) is 12.6. The molecule has 8 atom stereocenters. The first-order valence-corrected chi connectivity index (χ1v) is 15.8. The van der Waals surface area contributed by atoms with Crippen molar-refractivity contribution in [2.45, 2.75) is 129 Å². The lowest BCUT2D eigenvalue weighted by Gasteiger charge is -2.32. The number of ether oxygens (including phenoxy) is 2. The van der Waals surface area contributed by atoms with Crippen LogP contribution in [0.15, 0.2) is 24.3 Å². The largest absolute Gasteiger partial charge is 0.508 e. The van der Waals surface area contributed by atoms with E-state index in [1.165, 1.54) is 31.2 Å². The number of fused-ring (bicyclic) bond motifs is 5. The average Bonchev–Trinajstić information content (AvgIpc) is 3.59. The smallest absolute Gasteiger partial charge is 0.309 e. The minimum Gasteiger partial charge on any atom is -0.508 e. The molecule has 5 heteroatoms. The molecule has 1 N–H and O–H groups in total. The van der Waals surface area contributed by atoms with Gasteiger partial charge in [0.1, 0.15) is 17.5 Å². The molecule has 0 heterocycles. The molecule has 39 heavy (non-hydrogen) atoms. The van der Waals surface area contributed by atoms with Gasteiger partial charge in [-0.1, -0.05) is 45.2 Å². The van der Waals surface area contributed by atoms with E-state index in [4.69, 9.17) is 9.47 Å². The van der Waals surface area contributed by atoms with Crippen LogP contribution in [0.3, 0.4) is 0 Å². The van der Waals surface area contributed by atoms with Crippen molar-refractivity contribution in [2.75, 3.05) is 0 Å². The Hall–Kier alpha value is -2.04. The summed E-state index contributed by atoms with van der Waals surface area (Å²) in [6, 6.07) is 7.54. The molecule has 0 saturated heterocycles. The van der Waals surface area contributed by atoms with E-state index in [2.05, 4.69) is 6.92 Å². The molecule has 8 unspecified atom stereocenters. The Bertz CT molecular complexity index is 947. The average molecular weight is 541 g/mol. The number of hydrogen-bond donors (Lipinski definition) is 1. The molecular formula is C34H52O5. The second-order valence-corrected chi connectivity index (χ2v) is 13.8. The van der Waals surface area contributed by atoms with Gasteiger partial charge >= 0.3 is 11.9 Å². The van der Waals surface area contributed by atoms with Crippen LogP contribution in [0.5, 0.6) is 5.75 Å². The number of phenolic OH excluding ortho intramolecular Hbond substituents is 1. The van der Waals surface area contributed by atoms with E-state index >= 15 is 0 Å². The summed E-state index contributed by atoms with van der Waals surface area (Å²) in [5.41, 5.74) is 0.762. The number of aromatic hydroxyl groups is 1. The molecule has 5 nitrogen and oxygen atoms in total. The Labute approximate surface area is 236 Å². The molecule has 3 aliphatic rings. The van der Waals surface area contributed by atoms with E-state index in [1.54, 1.807) is 12.1 Å². The van der Waals surface area contributed by atoms with Gasteiger partial charge in [0, 0.05) is 0 Å². The third kappa shape index (κ3) is 7.79. The minimum atomic E-state index is -0.482. The Morgan fingerprint density at radius 3 is 2.26 bits per heavy atom. The van der Waals surface area contributed by atoms with Crippen LogP contribution in [-0.2, 0) is 19.1 Å². The van der Waals surface area contributed by atoms with Gasteiger partial charge in [-0.2, -0.15) is 0 Å². The highest BCUT2D eigenvalue weighted by Gasteiger charge is 2.55. The van der Waals surface area contributed by atoms with Gasteiger partial charge in [-0.05, 0) is 126 Å². The van der Waals surface area contributed by atoms with Crippen LogP contribution < -0.4 is 0 Å². The number of phenols is 1. The van der Waals surface area contributed by atoms with Gasteiger partial charge in [-0.25, -0.2) is 0 Å². The third-order valence-electron chi connectivity index (χ3n) is 9.93. The van der Waals surface area contributed by atoms with Crippen molar-refractivity contribution in [1.29, 1.82) is 0 Å². The first-order valence-electron chi connectivity index (χ1n) is 15.8. The van der Waals surface area contributed by atoms with E-state index < -0.39 is 5.60 Å². The van der Waals surface area contributed by atoms with E-state index in [-0.39, 0.29) is 29.9 Å². The van der Waals surface area contributed by atoms with Crippen LogP contribution in [0, 0.1) is 35.5 Å². The van der Waals surface area contributed by atoms with Crippen molar-refractivity contribution >= 4 is 11.9 Å². The summed E-state index contributed by atoms with van der Waals surface area (Å²) in [4.78, 5) is 26.0. The Kier molecular flexibility index (Phi) is 10.0. The fraction of sp³-hybridized carbons (Fsp3) is 0.765. The van der Waals surface area contributed by atoms with Gasteiger partial charge in [0.05, 0.1) is 11.8 Å². The summed E-state index contributed by atoms with van der Waals surface area (Å²) < 4.78 is 11.9. The van der Waals surface area contributed by atoms with Crippen LogP contribution in [0.1, 0.15) is 123 Å². The zero-order valence-corrected chi connectivity index (χ0v) is 25.0.